The minimum absolute atomic E-state index is 0.494. The minimum Gasteiger partial charge on any atom is -0.497 e. The third-order valence-electron chi connectivity index (χ3n) is 5.67. The van der Waals surface area contributed by atoms with Crippen molar-refractivity contribution in [2.24, 2.45) is 0 Å². The largest absolute Gasteiger partial charge is 0.497 e. The molecule has 5 rings (SSSR count). The summed E-state index contributed by atoms with van der Waals surface area (Å²) in [6.45, 7) is 0. The zero-order chi connectivity index (χ0) is 23.7. The molecular weight excluding hydrogens is 446 g/mol. The quantitative estimate of drug-likeness (QED) is 0.284. The molecule has 0 radical (unpaired) electrons. The first kappa shape index (κ1) is 21.6. The predicted octanol–water partition coefficient (Wildman–Crippen LogP) is 6.87. The van der Waals surface area contributed by atoms with Crippen LogP contribution in [-0.4, -0.2) is 23.6 Å². The highest BCUT2D eigenvalue weighted by Crippen LogP contribution is 2.35. The number of fused-ring (bicyclic) bond motifs is 3. The number of nitrogens with zero attached hydrogens (tertiary/aromatic N) is 3. The zero-order valence-corrected chi connectivity index (χ0v) is 19.4. The summed E-state index contributed by atoms with van der Waals surface area (Å²) in [5.74, 6) is 1.35. The second-order valence-electron chi connectivity index (χ2n) is 7.72. The molecular formula is C28H20ClN3O2. The molecule has 0 aliphatic heterocycles. The van der Waals surface area contributed by atoms with Gasteiger partial charge in [-0.05, 0) is 53.6 Å². The molecule has 0 amide bonds. The monoisotopic (exact) mass is 465 g/mol. The predicted molar refractivity (Wildman–Crippen MR) is 136 cm³/mol. The Bertz CT molecular complexity index is 1590. The summed E-state index contributed by atoms with van der Waals surface area (Å²) in [5, 5.41) is 10.8. The maximum Gasteiger partial charge on any atom is 0.157 e. The smallest absolute Gasteiger partial charge is 0.157 e. The van der Waals surface area contributed by atoms with Crippen molar-refractivity contribution in [3.05, 3.63) is 94.5 Å². The lowest BCUT2D eigenvalue weighted by Gasteiger charge is -2.13. The second kappa shape index (κ2) is 8.93. The van der Waals surface area contributed by atoms with Crippen molar-refractivity contribution in [2.75, 3.05) is 14.2 Å². The van der Waals surface area contributed by atoms with Crippen molar-refractivity contribution in [2.45, 2.75) is 0 Å². The van der Waals surface area contributed by atoms with Gasteiger partial charge in [-0.15, -0.1) is 0 Å². The molecule has 0 unspecified atom stereocenters. The molecule has 0 N–H and O–H groups in total. The van der Waals surface area contributed by atoms with Crippen LogP contribution in [0.15, 0.2) is 72.8 Å². The number of aromatic nitrogens is 2. The molecule has 0 fully saturated rings. The summed E-state index contributed by atoms with van der Waals surface area (Å²) in [6.07, 6.45) is 3.86. The van der Waals surface area contributed by atoms with Crippen LogP contribution in [0.3, 0.4) is 0 Å². The van der Waals surface area contributed by atoms with E-state index in [9.17, 15) is 5.26 Å². The lowest BCUT2D eigenvalue weighted by atomic mass is 10.0. The molecule has 0 saturated heterocycles. The highest BCUT2D eigenvalue weighted by atomic mass is 35.5. The molecule has 5 nitrogen and oxygen atoms in total. The summed E-state index contributed by atoms with van der Waals surface area (Å²) < 4.78 is 13.0. The van der Waals surface area contributed by atoms with Crippen LogP contribution in [0.2, 0.25) is 5.02 Å². The SMILES string of the molecule is COc1cc(OC)cc(-c2cc(/C=C/c3cccc(Cl)c3)c(C#N)c3nc4ccccc4n23)c1. The van der Waals surface area contributed by atoms with Crippen LogP contribution in [0.1, 0.15) is 16.7 Å². The Labute approximate surface area is 202 Å². The van der Waals surface area contributed by atoms with E-state index < -0.39 is 0 Å². The van der Waals surface area contributed by atoms with Crippen LogP contribution in [0.5, 0.6) is 11.5 Å². The van der Waals surface area contributed by atoms with Crippen LogP contribution < -0.4 is 9.47 Å². The van der Waals surface area contributed by atoms with Gasteiger partial charge in [0.1, 0.15) is 23.1 Å². The van der Waals surface area contributed by atoms with E-state index in [4.69, 9.17) is 26.1 Å². The number of nitriles is 1. The van der Waals surface area contributed by atoms with Crippen molar-refractivity contribution in [3.8, 4) is 28.8 Å². The van der Waals surface area contributed by atoms with Gasteiger partial charge in [0.25, 0.3) is 0 Å². The highest BCUT2D eigenvalue weighted by Gasteiger charge is 2.18. The van der Waals surface area contributed by atoms with Crippen LogP contribution in [0, 0.1) is 11.3 Å². The van der Waals surface area contributed by atoms with E-state index in [0.29, 0.717) is 27.7 Å². The third-order valence-corrected chi connectivity index (χ3v) is 5.90. The van der Waals surface area contributed by atoms with Gasteiger partial charge in [0.2, 0.25) is 0 Å². The molecule has 2 aromatic heterocycles. The number of benzene rings is 3. The van der Waals surface area contributed by atoms with Crippen molar-refractivity contribution in [1.82, 2.24) is 9.38 Å². The maximum atomic E-state index is 10.1. The summed E-state index contributed by atoms with van der Waals surface area (Å²) in [5.41, 5.74) is 6.25. The first-order valence-corrected chi connectivity index (χ1v) is 11.0. The first-order valence-electron chi connectivity index (χ1n) is 10.6. The number of hydrogen-bond acceptors (Lipinski definition) is 4. The van der Waals surface area contributed by atoms with Crippen LogP contribution in [0.4, 0.5) is 0 Å². The fourth-order valence-electron chi connectivity index (χ4n) is 4.06. The number of halogens is 1. The van der Waals surface area contributed by atoms with Gasteiger partial charge in [-0.2, -0.15) is 5.26 Å². The zero-order valence-electron chi connectivity index (χ0n) is 18.6. The molecule has 34 heavy (non-hydrogen) atoms. The van der Waals surface area contributed by atoms with Crippen LogP contribution >= 0.6 is 11.6 Å². The molecule has 166 valence electrons. The number of rotatable bonds is 5. The molecule has 0 saturated carbocycles. The fraction of sp³-hybridized carbons (Fsp3) is 0.0714. The average Bonchev–Trinajstić information content (AvgIpc) is 3.26. The number of ether oxygens (including phenoxy) is 2. The fourth-order valence-corrected chi connectivity index (χ4v) is 4.26. The Kier molecular flexibility index (Phi) is 5.67. The lowest BCUT2D eigenvalue weighted by molar-refractivity contribution is 0.394. The Morgan fingerprint density at radius 1 is 0.912 bits per heavy atom. The molecule has 0 spiro atoms. The Morgan fingerprint density at radius 3 is 2.38 bits per heavy atom. The third kappa shape index (κ3) is 3.85. The summed E-state index contributed by atoms with van der Waals surface area (Å²) >= 11 is 6.15. The summed E-state index contributed by atoms with van der Waals surface area (Å²) in [6, 6.07) is 25.5. The number of imidazole rings is 1. The first-order chi connectivity index (χ1) is 16.6. The average molecular weight is 466 g/mol. The van der Waals surface area contributed by atoms with Crippen molar-refractivity contribution < 1.29 is 9.47 Å². The molecule has 0 atom stereocenters. The molecule has 0 aliphatic rings. The van der Waals surface area contributed by atoms with Crippen molar-refractivity contribution in [3.63, 3.8) is 0 Å². The van der Waals surface area contributed by atoms with Crippen LogP contribution in [-0.2, 0) is 0 Å². The van der Waals surface area contributed by atoms with Crippen molar-refractivity contribution >= 4 is 40.4 Å². The van der Waals surface area contributed by atoms with Gasteiger partial charge in [0.05, 0.1) is 30.9 Å². The maximum absolute atomic E-state index is 10.1. The molecule has 6 heteroatoms. The van der Waals surface area contributed by atoms with Crippen molar-refractivity contribution in [1.29, 1.82) is 5.26 Å². The molecule has 2 heterocycles. The summed E-state index contributed by atoms with van der Waals surface area (Å²) in [7, 11) is 3.25. The van der Waals surface area contributed by atoms with E-state index >= 15 is 0 Å². The standard InChI is InChI=1S/C28H20ClN3O2/c1-33-22-13-20(14-23(16-22)34-2)27-15-19(11-10-18-6-5-7-21(29)12-18)24(17-30)28-31-25-8-3-4-9-26(25)32(27)28/h3-16H,1-2H3/b11-10+. The van der Waals surface area contributed by atoms with E-state index in [1.807, 2.05) is 89.3 Å². The van der Waals surface area contributed by atoms with E-state index in [-0.39, 0.29) is 0 Å². The van der Waals surface area contributed by atoms with Gasteiger partial charge >= 0.3 is 0 Å². The van der Waals surface area contributed by atoms with Crippen LogP contribution in [0.25, 0.3) is 40.1 Å². The molecule has 0 aliphatic carbocycles. The Balaban J connectivity index is 1.83. The number of methoxy groups -OCH3 is 2. The van der Waals surface area contributed by atoms with Gasteiger partial charge in [0, 0.05) is 16.7 Å². The van der Waals surface area contributed by atoms with Gasteiger partial charge in [0.15, 0.2) is 5.65 Å². The Hall–Kier alpha value is -4.27. The number of hydrogen-bond donors (Lipinski definition) is 0. The summed E-state index contributed by atoms with van der Waals surface area (Å²) in [4.78, 5) is 4.81. The number of para-hydroxylation sites is 2. The van der Waals surface area contributed by atoms with Gasteiger partial charge in [-0.25, -0.2) is 4.98 Å². The van der Waals surface area contributed by atoms with E-state index in [2.05, 4.69) is 6.07 Å². The van der Waals surface area contributed by atoms with Gasteiger partial charge < -0.3 is 9.47 Å². The molecule has 5 aromatic rings. The lowest BCUT2D eigenvalue weighted by Crippen LogP contribution is -1.99. The van der Waals surface area contributed by atoms with Gasteiger partial charge in [-0.1, -0.05) is 48.0 Å². The molecule has 0 bridgehead atoms. The Morgan fingerprint density at radius 2 is 1.68 bits per heavy atom. The van der Waals surface area contributed by atoms with E-state index in [1.165, 1.54) is 0 Å². The van der Waals surface area contributed by atoms with E-state index in [0.717, 1.165) is 33.4 Å². The number of pyridine rings is 1. The second-order valence-corrected chi connectivity index (χ2v) is 8.16. The normalized spacial score (nSPS) is 11.2. The minimum atomic E-state index is 0.494. The van der Waals surface area contributed by atoms with E-state index in [1.54, 1.807) is 14.2 Å². The highest BCUT2D eigenvalue weighted by molar-refractivity contribution is 6.30. The molecule has 3 aromatic carbocycles. The van der Waals surface area contributed by atoms with Gasteiger partial charge in [-0.3, -0.25) is 4.40 Å². The topological polar surface area (TPSA) is 59.5 Å².